The van der Waals surface area contributed by atoms with E-state index in [0.717, 1.165) is 0 Å². The maximum absolute atomic E-state index is 9.67. The van der Waals surface area contributed by atoms with Crippen LogP contribution in [0.1, 0.15) is 6.92 Å². The Balaban J connectivity index is 0. The van der Waals surface area contributed by atoms with Crippen LogP contribution in [0.25, 0.3) is 0 Å². The first kappa shape index (κ1) is 12.6. The Hall–Kier alpha value is 0.980. The molecule has 48 valence electrons. The molecule has 2 unspecified atom stereocenters. The molecular weight excluding hydrogens is 154 g/mol. The molecule has 0 spiro atoms. The number of rotatable bonds is 3. The summed E-state index contributed by atoms with van der Waals surface area (Å²) in [6.07, 6.45) is -0.615. The standard InChI is InChI=1S/C3H7O4P.Na/c1-3(2-4)7-8(5)6;/h3-4H,2H2,1H3;/q;+1. The van der Waals surface area contributed by atoms with Gasteiger partial charge in [0, 0.05) is 0 Å². The van der Waals surface area contributed by atoms with Gasteiger partial charge in [0.15, 0.2) is 0 Å². The van der Waals surface area contributed by atoms with Gasteiger partial charge in [-0.1, -0.05) is 0 Å². The summed E-state index contributed by atoms with van der Waals surface area (Å²) in [5.74, 6) is 0. The van der Waals surface area contributed by atoms with Gasteiger partial charge in [0.25, 0.3) is 0 Å². The molecule has 0 aliphatic rings. The van der Waals surface area contributed by atoms with Crippen molar-refractivity contribution in [1.82, 2.24) is 0 Å². The Morgan fingerprint density at radius 2 is 2.33 bits per heavy atom. The summed E-state index contributed by atoms with van der Waals surface area (Å²) in [6, 6.07) is 0. The second-order valence-corrected chi connectivity index (χ2v) is 1.98. The zero-order valence-electron chi connectivity index (χ0n) is 5.40. The van der Waals surface area contributed by atoms with Gasteiger partial charge in [0.2, 0.25) is 0 Å². The molecule has 0 rings (SSSR count). The fourth-order valence-electron chi connectivity index (χ4n) is 0.180. The predicted molar refractivity (Wildman–Crippen MR) is 25.2 cm³/mol. The van der Waals surface area contributed by atoms with Gasteiger partial charge in [-0.05, 0) is 11.5 Å². The minimum absolute atomic E-state index is 0. The van der Waals surface area contributed by atoms with Crippen molar-refractivity contribution in [2.45, 2.75) is 13.0 Å². The molecule has 0 amide bonds. The molecule has 6 heteroatoms. The van der Waals surface area contributed by atoms with Crippen molar-refractivity contribution < 1.29 is 48.6 Å². The van der Waals surface area contributed by atoms with E-state index in [9.17, 15) is 9.46 Å². The largest absolute Gasteiger partial charge is 1.00 e. The molecule has 0 fully saturated rings. The van der Waals surface area contributed by atoms with Crippen LogP contribution in [-0.2, 0) is 9.09 Å². The van der Waals surface area contributed by atoms with E-state index < -0.39 is 14.4 Å². The molecule has 9 heavy (non-hydrogen) atoms. The molecule has 1 N–H and O–H groups in total. The molecule has 0 aromatic heterocycles. The quantitative estimate of drug-likeness (QED) is 0.343. The topological polar surface area (TPSA) is 69.6 Å². The molecule has 0 saturated heterocycles. The second kappa shape index (κ2) is 7.09. The average Bonchev–Trinajstić information content (AvgIpc) is 1.65. The van der Waals surface area contributed by atoms with Gasteiger partial charge >= 0.3 is 37.8 Å². The maximum atomic E-state index is 9.67. The minimum atomic E-state index is -2.81. The fourth-order valence-corrected chi connectivity index (χ4v) is 0.541. The second-order valence-electron chi connectivity index (χ2n) is 1.32. The molecule has 0 bridgehead atoms. The molecule has 4 nitrogen and oxygen atoms in total. The van der Waals surface area contributed by atoms with Crippen LogP contribution in [0.15, 0.2) is 0 Å². The smallest absolute Gasteiger partial charge is 0.566 e. The first-order valence-corrected chi connectivity index (χ1v) is 3.18. The van der Waals surface area contributed by atoms with Crippen molar-refractivity contribution >= 4 is 8.25 Å². The van der Waals surface area contributed by atoms with Crippen LogP contribution in [0.3, 0.4) is 0 Å². The van der Waals surface area contributed by atoms with Gasteiger partial charge in [-0.2, -0.15) is 0 Å². The minimum Gasteiger partial charge on any atom is -0.566 e. The van der Waals surface area contributed by atoms with E-state index in [4.69, 9.17) is 5.11 Å². The van der Waals surface area contributed by atoms with Crippen molar-refractivity contribution in [1.29, 1.82) is 0 Å². The Kier molecular flexibility index (Phi) is 9.96. The molecule has 0 saturated carbocycles. The molecule has 0 aromatic carbocycles. The summed E-state index contributed by atoms with van der Waals surface area (Å²) in [4.78, 5) is 9.67. The van der Waals surface area contributed by atoms with E-state index >= 15 is 0 Å². The SMILES string of the molecule is CC(CO)O[P+](=O)[O-].[Na+]. The Labute approximate surface area is 76.5 Å². The van der Waals surface area contributed by atoms with Crippen LogP contribution in [0.4, 0.5) is 0 Å². The van der Waals surface area contributed by atoms with E-state index in [0.29, 0.717) is 0 Å². The predicted octanol–water partition coefficient (Wildman–Crippen LogP) is -3.59. The maximum Gasteiger partial charge on any atom is 1.00 e. The third kappa shape index (κ3) is 8.98. The molecule has 0 aliphatic heterocycles. The van der Waals surface area contributed by atoms with Gasteiger partial charge in [-0.3, -0.25) is 0 Å². The van der Waals surface area contributed by atoms with Gasteiger partial charge < -0.3 is 10.00 Å². The van der Waals surface area contributed by atoms with E-state index in [1.165, 1.54) is 6.92 Å². The summed E-state index contributed by atoms with van der Waals surface area (Å²) in [7, 11) is -2.81. The molecule has 0 radical (unpaired) electrons. The first-order chi connectivity index (χ1) is 3.66. The van der Waals surface area contributed by atoms with E-state index in [2.05, 4.69) is 4.52 Å². The van der Waals surface area contributed by atoms with Crippen molar-refractivity contribution in [2.24, 2.45) is 0 Å². The third-order valence-electron chi connectivity index (χ3n) is 0.523. The average molecular weight is 161 g/mol. The van der Waals surface area contributed by atoms with Crippen molar-refractivity contribution in [3.8, 4) is 0 Å². The van der Waals surface area contributed by atoms with E-state index in [1.807, 2.05) is 0 Å². The number of hydrogen-bond donors (Lipinski definition) is 1. The molecular formula is C3H7NaO4P+. The van der Waals surface area contributed by atoms with E-state index in [1.54, 1.807) is 0 Å². The summed E-state index contributed by atoms with van der Waals surface area (Å²) in [5.41, 5.74) is 0. The van der Waals surface area contributed by atoms with Crippen LogP contribution in [0.2, 0.25) is 0 Å². The first-order valence-electron chi connectivity index (χ1n) is 2.09. The summed E-state index contributed by atoms with van der Waals surface area (Å²) >= 11 is 0. The van der Waals surface area contributed by atoms with Crippen LogP contribution in [0, 0.1) is 0 Å². The van der Waals surface area contributed by atoms with Gasteiger partial charge in [0.05, 0.1) is 6.61 Å². The zero-order valence-corrected chi connectivity index (χ0v) is 8.30. The number of hydrogen-bond acceptors (Lipinski definition) is 4. The monoisotopic (exact) mass is 161 g/mol. The van der Waals surface area contributed by atoms with Gasteiger partial charge in [-0.25, -0.2) is 0 Å². The zero-order chi connectivity index (χ0) is 6.57. The molecule has 0 aliphatic carbocycles. The van der Waals surface area contributed by atoms with Crippen LogP contribution in [0.5, 0.6) is 0 Å². The van der Waals surface area contributed by atoms with Gasteiger partial charge in [0.1, 0.15) is 6.10 Å². The van der Waals surface area contributed by atoms with Crippen molar-refractivity contribution in [2.75, 3.05) is 6.61 Å². The Bertz CT molecular complexity index is 87.9. The Morgan fingerprint density at radius 3 is 2.44 bits per heavy atom. The molecule has 0 heterocycles. The number of aliphatic hydroxyl groups excluding tert-OH is 1. The van der Waals surface area contributed by atoms with Crippen molar-refractivity contribution in [3.05, 3.63) is 0 Å². The van der Waals surface area contributed by atoms with Crippen LogP contribution < -0.4 is 34.5 Å². The van der Waals surface area contributed by atoms with Crippen LogP contribution >= 0.6 is 8.25 Å². The number of aliphatic hydroxyl groups is 1. The summed E-state index contributed by atoms with van der Waals surface area (Å²) in [6.45, 7) is 1.19. The summed E-state index contributed by atoms with van der Waals surface area (Å²) < 4.78 is 13.8. The molecule has 2 atom stereocenters. The van der Waals surface area contributed by atoms with Crippen molar-refractivity contribution in [3.63, 3.8) is 0 Å². The normalized spacial score (nSPS) is 13.9. The fraction of sp³-hybridized carbons (Fsp3) is 1.00. The van der Waals surface area contributed by atoms with Crippen LogP contribution in [-0.4, -0.2) is 17.8 Å². The summed E-state index contributed by atoms with van der Waals surface area (Å²) in [5, 5.41) is 8.19. The Morgan fingerprint density at radius 1 is 1.89 bits per heavy atom. The van der Waals surface area contributed by atoms with Gasteiger partial charge in [-0.15, -0.1) is 4.52 Å². The molecule has 0 aromatic rings. The van der Waals surface area contributed by atoms with E-state index in [-0.39, 0.29) is 36.2 Å². The third-order valence-corrected chi connectivity index (χ3v) is 1.06.